The van der Waals surface area contributed by atoms with Gasteiger partial charge in [-0.25, -0.2) is 0 Å². The van der Waals surface area contributed by atoms with Crippen LogP contribution in [0.1, 0.15) is 41.0 Å². The molecule has 130 valence electrons. The maximum absolute atomic E-state index is 10.4. The monoisotopic (exact) mass is 332 g/mol. The third-order valence-corrected chi connectivity index (χ3v) is 9.89. The SMILES string of the molecule is CC1(C)O[C@@H]2[C@@H](CO)[C@@H](O)C[C@H](O[Si](C)(C)C(C)(C)C)[C@H]2O1. The molecule has 0 bridgehead atoms. The largest absolute Gasteiger partial charge is 0.411 e. The normalized spacial score (nSPS) is 38.9. The van der Waals surface area contributed by atoms with Crippen LogP contribution in [-0.2, 0) is 13.9 Å². The fourth-order valence-corrected chi connectivity index (χ4v) is 4.44. The van der Waals surface area contributed by atoms with E-state index in [2.05, 4.69) is 33.9 Å². The van der Waals surface area contributed by atoms with E-state index in [9.17, 15) is 10.2 Å². The van der Waals surface area contributed by atoms with E-state index in [0.717, 1.165) is 0 Å². The van der Waals surface area contributed by atoms with Crippen LogP contribution in [-0.4, -0.2) is 55.3 Å². The molecule has 0 amide bonds. The predicted molar refractivity (Wildman–Crippen MR) is 87.1 cm³/mol. The quantitative estimate of drug-likeness (QED) is 0.776. The Labute approximate surface area is 135 Å². The van der Waals surface area contributed by atoms with Crippen LogP contribution < -0.4 is 0 Å². The van der Waals surface area contributed by atoms with E-state index in [0.29, 0.717) is 6.42 Å². The lowest BCUT2D eigenvalue weighted by Gasteiger charge is -2.45. The Hall–Kier alpha value is 0.0169. The van der Waals surface area contributed by atoms with E-state index in [-0.39, 0.29) is 35.9 Å². The van der Waals surface area contributed by atoms with Gasteiger partial charge in [0.15, 0.2) is 14.1 Å². The molecular weight excluding hydrogens is 300 g/mol. The van der Waals surface area contributed by atoms with Crippen LogP contribution in [0.25, 0.3) is 0 Å². The lowest BCUT2D eigenvalue weighted by atomic mass is 9.81. The number of fused-ring (bicyclic) bond motifs is 1. The van der Waals surface area contributed by atoms with E-state index in [1.54, 1.807) is 0 Å². The van der Waals surface area contributed by atoms with E-state index < -0.39 is 20.2 Å². The summed E-state index contributed by atoms with van der Waals surface area (Å²) in [4.78, 5) is 0. The van der Waals surface area contributed by atoms with Crippen LogP contribution in [0.3, 0.4) is 0 Å². The fraction of sp³-hybridized carbons (Fsp3) is 1.00. The van der Waals surface area contributed by atoms with Gasteiger partial charge in [-0.3, -0.25) is 0 Å². The first-order chi connectivity index (χ1) is 9.88. The van der Waals surface area contributed by atoms with Gasteiger partial charge < -0.3 is 24.1 Å². The molecule has 22 heavy (non-hydrogen) atoms. The number of hydrogen-bond donors (Lipinski definition) is 2. The van der Waals surface area contributed by atoms with Gasteiger partial charge in [0.05, 0.1) is 24.9 Å². The van der Waals surface area contributed by atoms with Gasteiger partial charge in [-0.15, -0.1) is 0 Å². The summed E-state index contributed by atoms with van der Waals surface area (Å²) in [5.74, 6) is -1.02. The molecule has 5 nitrogen and oxygen atoms in total. The molecule has 6 heteroatoms. The van der Waals surface area contributed by atoms with Gasteiger partial charge in [0.25, 0.3) is 0 Å². The Morgan fingerprint density at radius 1 is 1.18 bits per heavy atom. The number of aliphatic hydroxyl groups excluding tert-OH is 2. The summed E-state index contributed by atoms with van der Waals surface area (Å²) < 4.78 is 18.5. The predicted octanol–water partition coefficient (Wildman–Crippen LogP) is 2.27. The number of aliphatic hydroxyl groups is 2. The molecule has 2 fully saturated rings. The van der Waals surface area contributed by atoms with Crippen molar-refractivity contribution < 1.29 is 24.1 Å². The number of ether oxygens (including phenoxy) is 2. The molecule has 2 N–H and O–H groups in total. The smallest absolute Gasteiger partial charge is 0.192 e. The Balaban J connectivity index is 2.22. The summed E-state index contributed by atoms with van der Waals surface area (Å²) in [7, 11) is -1.97. The highest BCUT2D eigenvalue weighted by molar-refractivity contribution is 6.74. The summed E-state index contributed by atoms with van der Waals surface area (Å²) in [6, 6.07) is 0. The Kier molecular flexibility index (Phi) is 4.86. The zero-order valence-corrected chi connectivity index (χ0v) is 15.9. The second-order valence-corrected chi connectivity index (χ2v) is 13.4. The highest BCUT2D eigenvalue weighted by Crippen LogP contribution is 2.44. The Bertz CT molecular complexity index is 404. The summed E-state index contributed by atoms with van der Waals surface area (Å²) in [5, 5.41) is 20.1. The van der Waals surface area contributed by atoms with Crippen LogP contribution in [0.5, 0.6) is 0 Å². The standard InChI is InChI=1S/C16H32O5Si/c1-15(2,3)22(6,7)21-12-8-11(18)10(9-17)13-14(12)20-16(4,5)19-13/h10-14,17-18H,8-9H2,1-7H3/t10-,11-,12-,13+,14+/m0/s1. The molecule has 2 aliphatic rings. The van der Waals surface area contributed by atoms with Crippen molar-refractivity contribution in [2.24, 2.45) is 5.92 Å². The summed E-state index contributed by atoms with van der Waals surface area (Å²) in [6.45, 7) is 14.6. The molecule has 0 aromatic carbocycles. The van der Waals surface area contributed by atoms with Crippen molar-refractivity contribution in [3.8, 4) is 0 Å². The van der Waals surface area contributed by atoms with Crippen LogP contribution >= 0.6 is 0 Å². The molecule has 2 rings (SSSR count). The first-order valence-electron chi connectivity index (χ1n) is 8.20. The Morgan fingerprint density at radius 3 is 2.23 bits per heavy atom. The number of rotatable bonds is 3. The van der Waals surface area contributed by atoms with Crippen molar-refractivity contribution in [3.05, 3.63) is 0 Å². The van der Waals surface area contributed by atoms with Crippen LogP contribution in [0.15, 0.2) is 0 Å². The topological polar surface area (TPSA) is 68.2 Å². The average Bonchev–Trinajstić information content (AvgIpc) is 2.63. The molecule has 5 atom stereocenters. The highest BCUT2D eigenvalue weighted by atomic mass is 28.4. The third-order valence-electron chi connectivity index (χ3n) is 5.38. The van der Waals surface area contributed by atoms with Crippen LogP contribution in [0.4, 0.5) is 0 Å². The maximum Gasteiger partial charge on any atom is 0.192 e. The summed E-state index contributed by atoms with van der Waals surface area (Å²) >= 11 is 0. The van der Waals surface area contributed by atoms with Gasteiger partial charge >= 0.3 is 0 Å². The van der Waals surface area contributed by atoms with Gasteiger partial charge in [-0.05, 0) is 32.0 Å². The zero-order chi connectivity index (χ0) is 16.9. The molecular formula is C16H32O5Si. The number of hydrogen-bond acceptors (Lipinski definition) is 5. The molecule has 1 aliphatic carbocycles. The van der Waals surface area contributed by atoms with E-state index in [1.807, 2.05) is 13.8 Å². The van der Waals surface area contributed by atoms with Crippen LogP contribution in [0.2, 0.25) is 18.1 Å². The Morgan fingerprint density at radius 2 is 1.73 bits per heavy atom. The second-order valence-electron chi connectivity index (χ2n) is 8.63. The molecule has 1 heterocycles. The van der Waals surface area contributed by atoms with Crippen molar-refractivity contribution in [3.63, 3.8) is 0 Å². The molecule has 0 aromatic rings. The first-order valence-corrected chi connectivity index (χ1v) is 11.1. The highest BCUT2D eigenvalue weighted by Gasteiger charge is 2.55. The van der Waals surface area contributed by atoms with Gasteiger partial charge in [0.2, 0.25) is 0 Å². The van der Waals surface area contributed by atoms with E-state index in [4.69, 9.17) is 13.9 Å². The molecule has 0 aromatic heterocycles. The van der Waals surface area contributed by atoms with Gasteiger partial charge in [-0.2, -0.15) is 0 Å². The first kappa shape index (κ1) is 18.4. The van der Waals surface area contributed by atoms with Crippen molar-refractivity contribution in [2.45, 2.75) is 89.4 Å². The van der Waals surface area contributed by atoms with E-state index in [1.165, 1.54) is 0 Å². The van der Waals surface area contributed by atoms with E-state index >= 15 is 0 Å². The molecule has 0 radical (unpaired) electrons. The maximum atomic E-state index is 10.4. The molecule has 1 saturated carbocycles. The van der Waals surface area contributed by atoms with Crippen molar-refractivity contribution >= 4 is 8.32 Å². The minimum Gasteiger partial charge on any atom is -0.411 e. The van der Waals surface area contributed by atoms with Crippen LogP contribution in [0, 0.1) is 5.92 Å². The molecule has 1 aliphatic heterocycles. The lowest BCUT2D eigenvalue weighted by Crippen LogP contribution is -2.57. The zero-order valence-electron chi connectivity index (χ0n) is 14.9. The average molecular weight is 333 g/mol. The van der Waals surface area contributed by atoms with Gasteiger partial charge in [0, 0.05) is 12.3 Å². The minimum atomic E-state index is -1.97. The summed E-state index contributed by atoms with van der Waals surface area (Å²) in [5.41, 5.74) is 0. The van der Waals surface area contributed by atoms with Gasteiger partial charge in [0.1, 0.15) is 6.10 Å². The molecule has 1 saturated heterocycles. The minimum absolute atomic E-state index is 0.0935. The van der Waals surface area contributed by atoms with Crippen molar-refractivity contribution in [1.29, 1.82) is 0 Å². The summed E-state index contributed by atoms with van der Waals surface area (Å²) in [6.07, 6.45) is -0.884. The third kappa shape index (κ3) is 3.42. The van der Waals surface area contributed by atoms with Crippen molar-refractivity contribution in [1.82, 2.24) is 0 Å². The molecule has 0 unspecified atom stereocenters. The van der Waals surface area contributed by atoms with Gasteiger partial charge in [-0.1, -0.05) is 20.8 Å². The molecule has 0 spiro atoms. The lowest BCUT2D eigenvalue weighted by molar-refractivity contribution is -0.155. The second kappa shape index (κ2) is 5.83. The fourth-order valence-electron chi connectivity index (χ4n) is 3.10. The van der Waals surface area contributed by atoms with Crippen molar-refractivity contribution in [2.75, 3.05) is 6.61 Å².